The Kier molecular flexibility index (Phi) is 4.47. The first-order valence-electron chi connectivity index (χ1n) is 10.3. The van der Waals surface area contributed by atoms with Crippen LogP contribution < -0.4 is 0 Å². The van der Waals surface area contributed by atoms with Gasteiger partial charge >= 0.3 is 0 Å². The van der Waals surface area contributed by atoms with E-state index in [1.807, 2.05) is 0 Å². The molecule has 2 aliphatic rings. The number of hydrogen-bond acceptors (Lipinski definition) is 0. The van der Waals surface area contributed by atoms with Crippen molar-refractivity contribution in [1.29, 1.82) is 0 Å². The number of rotatable bonds is 4. The first-order valence-corrected chi connectivity index (χ1v) is 17.3. The summed E-state index contributed by atoms with van der Waals surface area (Å²) in [6.07, 6.45) is 3.51. The lowest BCUT2D eigenvalue weighted by molar-refractivity contribution is 1.01. The van der Waals surface area contributed by atoms with E-state index in [0.717, 1.165) is 12.8 Å². The second-order valence-corrected chi connectivity index (χ2v) is 20.3. The zero-order chi connectivity index (χ0) is 19.4. The molecule has 0 saturated heterocycles. The molecule has 0 spiro atoms. The molecule has 0 radical (unpaired) electrons. The standard InChI is InChI=1S/C25H32Si2/c1-26(2,3)24-20(15-18-11-7-9-13-22(18)24)17-21-16-19-12-8-10-14-23(19)25(21)27(4,5)6/h7-14H,15-17H2,1-6H3. The molecule has 2 aromatic carbocycles. The van der Waals surface area contributed by atoms with E-state index in [1.54, 1.807) is 43.8 Å². The Morgan fingerprint density at radius 1 is 0.593 bits per heavy atom. The van der Waals surface area contributed by atoms with Crippen molar-refractivity contribution in [2.45, 2.75) is 58.5 Å². The first-order chi connectivity index (χ1) is 12.7. The summed E-state index contributed by atoms with van der Waals surface area (Å²) < 4.78 is 0. The van der Waals surface area contributed by atoms with Crippen LogP contribution in [0.25, 0.3) is 10.4 Å². The predicted octanol–water partition coefficient (Wildman–Crippen LogP) is 7.15. The molecule has 0 nitrogen and oxygen atoms in total. The van der Waals surface area contributed by atoms with Crippen LogP contribution in [-0.4, -0.2) is 16.1 Å². The summed E-state index contributed by atoms with van der Waals surface area (Å²) in [5.74, 6) is 0. The minimum Gasteiger partial charge on any atom is -0.0656 e. The Labute approximate surface area is 167 Å². The highest BCUT2D eigenvalue weighted by atomic mass is 28.3. The molecule has 0 atom stereocenters. The Bertz CT molecular complexity index is 883. The first kappa shape index (κ1) is 18.7. The summed E-state index contributed by atoms with van der Waals surface area (Å²) in [6.45, 7) is 15.1. The Morgan fingerprint density at radius 2 is 0.963 bits per heavy atom. The molecular weight excluding hydrogens is 356 g/mol. The SMILES string of the molecule is C[Si](C)(C)C1=C(CC2=C([Si](C)(C)C)c3ccccc3C2)Cc2ccccc21. The van der Waals surface area contributed by atoms with Crippen LogP contribution in [0, 0.1) is 0 Å². The van der Waals surface area contributed by atoms with Gasteiger partial charge in [0.1, 0.15) is 0 Å². The zero-order valence-electron chi connectivity index (χ0n) is 17.7. The maximum absolute atomic E-state index is 2.52. The number of benzene rings is 2. The fourth-order valence-corrected chi connectivity index (χ4v) is 9.86. The highest BCUT2D eigenvalue weighted by Gasteiger charge is 2.34. The summed E-state index contributed by atoms with van der Waals surface area (Å²) in [5.41, 5.74) is 9.64. The smallest absolute Gasteiger partial charge is 0.0656 e. The van der Waals surface area contributed by atoms with E-state index in [9.17, 15) is 0 Å². The van der Waals surface area contributed by atoms with Crippen molar-refractivity contribution >= 4 is 26.5 Å². The number of allylic oxidation sites excluding steroid dienone is 2. The highest BCUT2D eigenvalue weighted by molar-refractivity contribution is 6.94. The second kappa shape index (κ2) is 6.46. The van der Waals surface area contributed by atoms with Crippen molar-refractivity contribution in [3.05, 3.63) is 81.9 Å². The van der Waals surface area contributed by atoms with Gasteiger partial charge in [-0.2, -0.15) is 0 Å². The van der Waals surface area contributed by atoms with Gasteiger partial charge in [0.15, 0.2) is 0 Å². The molecule has 0 fully saturated rings. The van der Waals surface area contributed by atoms with Crippen LogP contribution in [0.4, 0.5) is 0 Å². The minimum absolute atomic E-state index is 1.16. The molecule has 27 heavy (non-hydrogen) atoms. The summed E-state index contributed by atoms with van der Waals surface area (Å²) in [6, 6.07) is 18.3. The Morgan fingerprint density at radius 3 is 1.33 bits per heavy atom. The van der Waals surface area contributed by atoms with Crippen LogP contribution >= 0.6 is 0 Å². The lowest BCUT2D eigenvalue weighted by Crippen LogP contribution is -2.24. The molecule has 2 aromatic rings. The Hall–Kier alpha value is -1.65. The van der Waals surface area contributed by atoms with E-state index in [0.29, 0.717) is 0 Å². The predicted molar refractivity (Wildman–Crippen MR) is 125 cm³/mol. The molecular formula is C25H32Si2. The molecule has 0 unspecified atom stereocenters. The van der Waals surface area contributed by atoms with E-state index in [2.05, 4.69) is 87.8 Å². The fraction of sp³-hybridized carbons (Fsp3) is 0.360. The average Bonchev–Trinajstić information content (AvgIpc) is 3.11. The van der Waals surface area contributed by atoms with Gasteiger partial charge < -0.3 is 0 Å². The topological polar surface area (TPSA) is 0 Å². The van der Waals surface area contributed by atoms with Crippen molar-refractivity contribution in [3.63, 3.8) is 0 Å². The maximum Gasteiger partial charge on any atom is 0.0783 e. The molecule has 140 valence electrons. The molecule has 0 bridgehead atoms. The lowest BCUT2D eigenvalue weighted by Gasteiger charge is -2.24. The molecule has 2 heteroatoms. The van der Waals surface area contributed by atoms with Crippen LogP contribution in [0.5, 0.6) is 0 Å². The van der Waals surface area contributed by atoms with Gasteiger partial charge in [0, 0.05) is 0 Å². The largest absolute Gasteiger partial charge is 0.0783 e. The second-order valence-electron chi connectivity index (χ2n) is 10.3. The van der Waals surface area contributed by atoms with E-state index >= 15 is 0 Å². The molecule has 0 N–H and O–H groups in total. The monoisotopic (exact) mass is 388 g/mol. The minimum atomic E-state index is -1.39. The van der Waals surface area contributed by atoms with Crippen molar-refractivity contribution < 1.29 is 0 Å². The summed E-state index contributed by atoms with van der Waals surface area (Å²) >= 11 is 0. The third-order valence-electron chi connectivity index (χ3n) is 6.01. The zero-order valence-corrected chi connectivity index (χ0v) is 19.7. The molecule has 4 rings (SSSR count). The Balaban J connectivity index is 1.81. The van der Waals surface area contributed by atoms with Crippen molar-refractivity contribution in [3.8, 4) is 0 Å². The van der Waals surface area contributed by atoms with Gasteiger partial charge in [-0.3, -0.25) is 0 Å². The summed E-state index contributed by atoms with van der Waals surface area (Å²) in [5, 5.41) is 3.47. The fourth-order valence-electron chi connectivity index (χ4n) is 5.28. The van der Waals surface area contributed by atoms with Crippen LogP contribution in [0.1, 0.15) is 28.7 Å². The van der Waals surface area contributed by atoms with Gasteiger partial charge in [-0.25, -0.2) is 0 Å². The average molecular weight is 389 g/mol. The van der Waals surface area contributed by atoms with Crippen molar-refractivity contribution in [1.82, 2.24) is 0 Å². The van der Waals surface area contributed by atoms with Gasteiger partial charge in [-0.1, -0.05) is 109 Å². The summed E-state index contributed by atoms with van der Waals surface area (Å²) in [4.78, 5) is 0. The van der Waals surface area contributed by atoms with Crippen molar-refractivity contribution in [2.24, 2.45) is 0 Å². The third kappa shape index (κ3) is 3.34. The lowest BCUT2D eigenvalue weighted by atomic mass is 10.0. The molecule has 2 aliphatic carbocycles. The van der Waals surface area contributed by atoms with Crippen LogP contribution in [-0.2, 0) is 12.8 Å². The van der Waals surface area contributed by atoms with Gasteiger partial charge in [-0.05, 0) is 41.5 Å². The summed E-state index contributed by atoms with van der Waals surface area (Å²) in [7, 11) is -2.78. The quantitative estimate of drug-likeness (QED) is 0.488. The molecule has 0 amide bonds. The number of fused-ring (bicyclic) bond motifs is 2. The van der Waals surface area contributed by atoms with Crippen molar-refractivity contribution in [2.75, 3.05) is 0 Å². The van der Waals surface area contributed by atoms with Gasteiger partial charge in [0.2, 0.25) is 0 Å². The molecule has 0 aromatic heterocycles. The molecule has 0 saturated carbocycles. The van der Waals surface area contributed by atoms with Gasteiger partial charge in [-0.15, -0.1) is 0 Å². The number of hydrogen-bond donors (Lipinski definition) is 0. The van der Waals surface area contributed by atoms with Gasteiger partial charge in [0.25, 0.3) is 0 Å². The third-order valence-corrected chi connectivity index (χ3v) is 10.3. The van der Waals surface area contributed by atoms with E-state index in [-0.39, 0.29) is 0 Å². The highest BCUT2D eigenvalue weighted by Crippen LogP contribution is 2.46. The van der Waals surface area contributed by atoms with Crippen LogP contribution in [0.2, 0.25) is 39.3 Å². The normalized spacial score (nSPS) is 16.8. The molecule has 0 aliphatic heterocycles. The molecule has 0 heterocycles. The van der Waals surface area contributed by atoms with E-state index in [1.165, 1.54) is 6.42 Å². The van der Waals surface area contributed by atoms with Crippen LogP contribution in [0.15, 0.2) is 59.7 Å². The van der Waals surface area contributed by atoms with Crippen LogP contribution in [0.3, 0.4) is 0 Å². The van der Waals surface area contributed by atoms with E-state index < -0.39 is 16.1 Å². The maximum atomic E-state index is 2.52. The van der Waals surface area contributed by atoms with E-state index in [4.69, 9.17) is 0 Å². The van der Waals surface area contributed by atoms with Gasteiger partial charge in [0.05, 0.1) is 16.1 Å².